The fourth-order valence-corrected chi connectivity index (χ4v) is 5.45. The number of rotatable bonds is 4. The van der Waals surface area contributed by atoms with Crippen molar-refractivity contribution >= 4 is 15.9 Å². The first kappa shape index (κ1) is 17.4. The maximum atomic E-state index is 12.9. The molecule has 1 N–H and O–H groups in total. The lowest BCUT2D eigenvalue weighted by atomic mass is 10.1. The maximum Gasteiger partial charge on any atom is 0.251 e. The normalized spacial score (nSPS) is 23.3. The number of nitrogens with zero attached hydrogens (tertiary/aromatic N) is 1. The summed E-state index contributed by atoms with van der Waals surface area (Å²) in [6.07, 6.45) is 7.16. The van der Waals surface area contributed by atoms with Gasteiger partial charge in [0.15, 0.2) is 0 Å². The van der Waals surface area contributed by atoms with E-state index in [9.17, 15) is 13.2 Å². The van der Waals surface area contributed by atoms with Crippen molar-refractivity contribution in [1.29, 1.82) is 0 Å². The zero-order valence-electron chi connectivity index (χ0n) is 14.2. The van der Waals surface area contributed by atoms with Crippen LogP contribution in [0, 0.1) is 0 Å². The summed E-state index contributed by atoms with van der Waals surface area (Å²) in [6.45, 7) is 2.51. The van der Waals surface area contributed by atoms with Crippen LogP contribution in [0.2, 0.25) is 0 Å². The van der Waals surface area contributed by atoms with Crippen LogP contribution in [0.25, 0.3) is 0 Å². The van der Waals surface area contributed by atoms with Gasteiger partial charge in [0.05, 0.1) is 4.90 Å². The van der Waals surface area contributed by atoms with Crippen molar-refractivity contribution in [2.24, 2.45) is 0 Å². The molecule has 0 bridgehead atoms. The molecule has 1 atom stereocenters. The summed E-state index contributed by atoms with van der Waals surface area (Å²) in [4.78, 5) is 12.6. The lowest BCUT2D eigenvalue weighted by molar-refractivity contribution is 0.0937. The van der Waals surface area contributed by atoms with Gasteiger partial charge in [0.2, 0.25) is 10.0 Å². The van der Waals surface area contributed by atoms with Gasteiger partial charge in [-0.3, -0.25) is 4.79 Å². The summed E-state index contributed by atoms with van der Waals surface area (Å²) in [5, 5.41) is 3.01. The van der Waals surface area contributed by atoms with Crippen LogP contribution in [0.3, 0.4) is 0 Å². The van der Waals surface area contributed by atoms with Crippen LogP contribution in [-0.4, -0.2) is 37.3 Å². The van der Waals surface area contributed by atoms with Crippen LogP contribution in [0.5, 0.6) is 0 Å². The van der Waals surface area contributed by atoms with Gasteiger partial charge in [0, 0.05) is 24.2 Å². The Hall–Kier alpha value is -1.40. The number of piperidine rings is 1. The highest BCUT2D eigenvalue weighted by molar-refractivity contribution is 7.89. The second kappa shape index (κ2) is 7.23. The van der Waals surface area contributed by atoms with Gasteiger partial charge in [-0.25, -0.2) is 8.42 Å². The lowest BCUT2D eigenvalue weighted by Gasteiger charge is -2.32. The molecule has 3 rings (SSSR count). The highest BCUT2D eigenvalue weighted by Crippen LogP contribution is 2.25. The molecule has 132 valence electrons. The number of carbonyl (C=O) groups is 1. The van der Waals surface area contributed by atoms with Gasteiger partial charge in [-0.15, -0.1) is 0 Å². The largest absolute Gasteiger partial charge is 0.349 e. The molecule has 1 unspecified atom stereocenters. The van der Waals surface area contributed by atoms with E-state index in [1.807, 2.05) is 6.92 Å². The number of nitrogens with one attached hydrogen (secondary N) is 1. The van der Waals surface area contributed by atoms with Gasteiger partial charge in [-0.05, 0) is 50.8 Å². The zero-order valence-corrected chi connectivity index (χ0v) is 15.0. The Labute approximate surface area is 144 Å². The Morgan fingerprint density at radius 3 is 2.54 bits per heavy atom. The van der Waals surface area contributed by atoms with Crippen molar-refractivity contribution in [2.45, 2.75) is 68.8 Å². The van der Waals surface area contributed by atoms with Crippen molar-refractivity contribution in [3.63, 3.8) is 0 Å². The summed E-state index contributed by atoms with van der Waals surface area (Å²) in [7, 11) is -3.54. The second-order valence-corrected chi connectivity index (χ2v) is 8.83. The molecular weight excluding hydrogens is 324 g/mol. The van der Waals surface area contributed by atoms with E-state index in [1.54, 1.807) is 22.5 Å². The monoisotopic (exact) mass is 350 g/mol. The van der Waals surface area contributed by atoms with E-state index in [-0.39, 0.29) is 22.9 Å². The third-order valence-corrected chi connectivity index (χ3v) is 7.14. The number of hydrogen-bond acceptors (Lipinski definition) is 3. The summed E-state index contributed by atoms with van der Waals surface area (Å²) in [6, 6.07) is 6.68. The summed E-state index contributed by atoms with van der Waals surface area (Å²) in [5.41, 5.74) is 0.424. The standard InChI is InChI=1S/C18H26N2O3S/c1-14-7-4-5-12-20(14)24(22,23)17-11-6-8-15(13-17)18(21)19-16-9-2-3-10-16/h6,8,11,13-14,16H,2-5,7,9-10,12H2,1H3,(H,19,21). The average Bonchev–Trinajstić information content (AvgIpc) is 3.08. The van der Waals surface area contributed by atoms with Crippen molar-refractivity contribution in [3.05, 3.63) is 29.8 Å². The molecule has 1 aliphatic carbocycles. The Kier molecular flexibility index (Phi) is 5.25. The highest BCUT2D eigenvalue weighted by Gasteiger charge is 2.31. The topological polar surface area (TPSA) is 66.5 Å². The average molecular weight is 350 g/mol. The summed E-state index contributed by atoms with van der Waals surface area (Å²) >= 11 is 0. The van der Waals surface area contributed by atoms with E-state index in [0.717, 1.165) is 44.9 Å². The number of carbonyl (C=O) groups excluding carboxylic acids is 1. The predicted molar refractivity (Wildman–Crippen MR) is 93.4 cm³/mol. The highest BCUT2D eigenvalue weighted by atomic mass is 32.2. The lowest BCUT2D eigenvalue weighted by Crippen LogP contribution is -2.42. The molecule has 0 radical (unpaired) electrons. The smallest absolute Gasteiger partial charge is 0.251 e. The van der Waals surface area contributed by atoms with Crippen LogP contribution in [0.15, 0.2) is 29.2 Å². The molecule has 0 spiro atoms. The molecule has 0 aromatic heterocycles. The number of hydrogen-bond donors (Lipinski definition) is 1. The Balaban J connectivity index is 1.80. The minimum atomic E-state index is -3.54. The van der Waals surface area contributed by atoms with E-state index < -0.39 is 10.0 Å². The Morgan fingerprint density at radius 1 is 1.12 bits per heavy atom. The quantitative estimate of drug-likeness (QED) is 0.908. The molecule has 1 saturated heterocycles. The van der Waals surface area contributed by atoms with E-state index in [1.165, 1.54) is 6.07 Å². The molecule has 1 heterocycles. The van der Waals surface area contributed by atoms with Gasteiger partial charge in [-0.2, -0.15) is 4.31 Å². The first-order valence-electron chi connectivity index (χ1n) is 8.91. The maximum absolute atomic E-state index is 12.9. The van der Waals surface area contributed by atoms with Gasteiger partial charge < -0.3 is 5.32 Å². The molecule has 5 nitrogen and oxygen atoms in total. The Bertz CT molecular complexity index is 696. The molecule has 1 aromatic carbocycles. The fourth-order valence-electron chi connectivity index (χ4n) is 3.70. The van der Waals surface area contributed by atoms with Crippen LogP contribution >= 0.6 is 0 Å². The summed E-state index contributed by atoms with van der Waals surface area (Å²) < 4.78 is 27.4. The third kappa shape index (κ3) is 3.64. The molecule has 24 heavy (non-hydrogen) atoms. The molecule has 1 amide bonds. The molecule has 1 aromatic rings. The van der Waals surface area contributed by atoms with Crippen molar-refractivity contribution < 1.29 is 13.2 Å². The minimum Gasteiger partial charge on any atom is -0.349 e. The van der Waals surface area contributed by atoms with E-state index in [0.29, 0.717) is 12.1 Å². The predicted octanol–water partition coefficient (Wildman–Crippen LogP) is 2.92. The van der Waals surface area contributed by atoms with Gasteiger partial charge in [0.25, 0.3) is 5.91 Å². The zero-order chi connectivity index (χ0) is 17.2. The van der Waals surface area contributed by atoms with Gasteiger partial charge in [0.1, 0.15) is 0 Å². The molecule has 1 saturated carbocycles. The third-order valence-electron chi connectivity index (χ3n) is 5.14. The van der Waals surface area contributed by atoms with Crippen LogP contribution in [0.4, 0.5) is 0 Å². The first-order chi connectivity index (χ1) is 11.5. The van der Waals surface area contributed by atoms with Crippen LogP contribution in [0.1, 0.15) is 62.2 Å². The van der Waals surface area contributed by atoms with E-state index >= 15 is 0 Å². The van der Waals surface area contributed by atoms with Crippen molar-refractivity contribution in [1.82, 2.24) is 9.62 Å². The Morgan fingerprint density at radius 2 is 1.83 bits per heavy atom. The SMILES string of the molecule is CC1CCCCN1S(=O)(=O)c1cccc(C(=O)NC2CCCC2)c1. The minimum absolute atomic E-state index is 0.0136. The fraction of sp³-hybridized carbons (Fsp3) is 0.611. The number of benzene rings is 1. The van der Waals surface area contributed by atoms with E-state index in [4.69, 9.17) is 0 Å². The molecular formula is C18H26N2O3S. The van der Waals surface area contributed by atoms with E-state index in [2.05, 4.69) is 5.32 Å². The molecule has 6 heteroatoms. The molecule has 2 fully saturated rings. The summed E-state index contributed by atoms with van der Waals surface area (Å²) in [5.74, 6) is -0.175. The first-order valence-corrected chi connectivity index (χ1v) is 10.4. The van der Waals surface area contributed by atoms with Gasteiger partial charge >= 0.3 is 0 Å². The van der Waals surface area contributed by atoms with Crippen LogP contribution in [-0.2, 0) is 10.0 Å². The number of amides is 1. The molecule has 2 aliphatic rings. The second-order valence-electron chi connectivity index (χ2n) is 6.94. The molecule has 1 aliphatic heterocycles. The van der Waals surface area contributed by atoms with Crippen molar-refractivity contribution in [2.75, 3.05) is 6.54 Å². The van der Waals surface area contributed by atoms with Crippen molar-refractivity contribution in [3.8, 4) is 0 Å². The number of sulfonamides is 1. The van der Waals surface area contributed by atoms with Gasteiger partial charge in [-0.1, -0.05) is 25.3 Å². The van der Waals surface area contributed by atoms with Crippen LogP contribution < -0.4 is 5.32 Å².